The van der Waals surface area contributed by atoms with Gasteiger partial charge in [-0.2, -0.15) is 0 Å². The van der Waals surface area contributed by atoms with E-state index >= 15 is 0 Å². The van der Waals surface area contributed by atoms with Crippen LogP contribution in [0.5, 0.6) is 5.75 Å². The van der Waals surface area contributed by atoms with Gasteiger partial charge in [-0.25, -0.2) is 4.79 Å². The molecule has 0 spiro atoms. The second kappa shape index (κ2) is 6.71. The van der Waals surface area contributed by atoms with Gasteiger partial charge in [0.05, 0.1) is 0 Å². The molecule has 1 rings (SSSR count). The molecule has 0 aromatic heterocycles. The number of aromatic hydroxyl groups is 1. The number of carboxylic acids is 1. The Labute approximate surface area is 141 Å². The molecule has 2 N–H and O–H groups in total. The Hall–Kier alpha value is 0.282. The monoisotopic (exact) mass is 312 g/mol. The van der Waals surface area contributed by atoms with Gasteiger partial charge < -0.3 is 10.2 Å². The van der Waals surface area contributed by atoms with E-state index in [2.05, 4.69) is 0 Å². The summed E-state index contributed by atoms with van der Waals surface area (Å²) in [6.45, 7) is 1.52. The molecule has 0 amide bonds. The third-order valence-electron chi connectivity index (χ3n) is 1.61. The Bertz CT molecular complexity index is 341. The number of carboxylic acid groups (broad SMARTS) is 1. The van der Waals surface area contributed by atoms with Crippen LogP contribution < -0.4 is 0 Å². The van der Waals surface area contributed by atoms with Gasteiger partial charge in [0.1, 0.15) is 5.75 Å². The van der Waals surface area contributed by atoms with E-state index in [4.69, 9.17) is 10.2 Å². The SMILES string of the molecule is CC(=Cc1ccc(O)cc1)C(=O)O.[CsH]. The molecule has 70 valence electrons. The average Bonchev–Trinajstić information content (AvgIpc) is 2.08. The number of hydrogen-bond acceptors (Lipinski definition) is 2. The number of benzene rings is 1. The van der Waals surface area contributed by atoms with E-state index in [1.165, 1.54) is 19.1 Å². The fraction of sp³-hybridized carbons (Fsp3) is 0.100. The maximum atomic E-state index is 10.5. The third kappa shape index (κ3) is 4.68. The summed E-state index contributed by atoms with van der Waals surface area (Å²) in [4.78, 5) is 10.5. The first kappa shape index (κ1) is 14.3. The van der Waals surface area contributed by atoms with Crippen molar-refractivity contribution in [2.45, 2.75) is 6.92 Å². The Morgan fingerprint density at radius 1 is 1.29 bits per heavy atom. The molecule has 1 aromatic carbocycles. The van der Waals surface area contributed by atoms with Crippen molar-refractivity contribution < 1.29 is 15.0 Å². The number of phenolic OH excluding ortho intramolecular Hbond substituents is 1. The zero-order valence-corrected chi connectivity index (χ0v) is 7.19. The fourth-order valence-electron chi connectivity index (χ4n) is 0.882. The number of rotatable bonds is 2. The predicted molar refractivity (Wildman–Crippen MR) is 56.5 cm³/mol. The molecule has 0 radical (unpaired) electrons. The van der Waals surface area contributed by atoms with Crippen LogP contribution >= 0.6 is 0 Å². The molecule has 14 heavy (non-hydrogen) atoms. The molecule has 0 aliphatic rings. The van der Waals surface area contributed by atoms with Crippen molar-refractivity contribution in [1.82, 2.24) is 0 Å². The van der Waals surface area contributed by atoms with Gasteiger partial charge in [0.2, 0.25) is 0 Å². The Balaban J connectivity index is 0.00000169. The van der Waals surface area contributed by atoms with E-state index in [9.17, 15) is 4.79 Å². The summed E-state index contributed by atoms with van der Waals surface area (Å²) in [5.41, 5.74) is 1.03. The standard InChI is InChI=1S/C10H10O3.Cs.H/c1-7(10(12)13)6-8-2-4-9(11)5-3-8;;/h2-6,11H,1H3,(H,12,13);;. The van der Waals surface area contributed by atoms with Gasteiger partial charge in [-0.3, -0.25) is 0 Å². The minimum absolute atomic E-state index is 0. The summed E-state index contributed by atoms with van der Waals surface area (Å²) >= 11 is 0. The van der Waals surface area contributed by atoms with Crippen molar-refractivity contribution in [1.29, 1.82) is 0 Å². The Morgan fingerprint density at radius 3 is 2.21 bits per heavy atom. The summed E-state index contributed by atoms with van der Waals surface area (Å²) < 4.78 is 0. The molecule has 3 nitrogen and oxygen atoms in total. The molecule has 0 saturated carbocycles. The van der Waals surface area contributed by atoms with Crippen LogP contribution in [0.25, 0.3) is 6.08 Å². The van der Waals surface area contributed by atoms with Crippen LogP contribution in [0.2, 0.25) is 0 Å². The molecular weight excluding hydrogens is 301 g/mol. The van der Waals surface area contributed by atoms with E-state index in [-0.39, 0.29) is 80.2 Å². The van der Waals surface area contributed by atoms with E-state index in [0.29, 0.717) is 0 Å². The molecule has 0 aliphatic heterocycles. The molecule has 0 saturated heterocycles. The summed E-state index contributed by atoms with van der Waals surface area (Å²) in [5.74, 6) is -0.766. The van der Waals surface area contributed by atoms with Crippen LogP contribution in [0.4, 0.5) is 0 Å². The van der Waals surface area contributed by atoms with E-state index in [1.54, 1.807) is 18.2 Å². The molecule has 0 aliphatic carbocycles. The van der Waals surface area contributed by atoms with Crippen LogP contribution in [0.3, 0.4) is 0 Å². The Kier molecular flexibility index (Phi) is 6.84. The summed E-state index contributed by atoms with van der Waals surface area (Å²) in [6.07, 6.45) is 1.54. The van der Waals surface area contributed by atoms with Crippen molar-refractivity contribution in [2.24, 2.45) is 0 Å². The zero-order valence-electron chi connectivity index (χ0n) is 7.19. The molecular formula is C10H11CsO3. The summed E-state index contributed by atoms with van der Waals surface area (Å²) in [6, 6.07) is 6.34. The van der Waals surface area contributed by atoms with Gasteiger partial charge in [0.25, 0.3) is 0 Å². The van der Waals surface area contributed by atoms with Crippen LogP contribution in [-0.2, 0) is 4.79 Å². The normalized spacial score (nSPS) is 10.5. The first-order valence-electron chi connectivity index (χ1n) is 3.80. The van der Waals surface area contributed by atoms with Gasteiger partial charge in [-0.1, -0.05) is 12.1 Å². The van der Waals surface area contributed by atoms with Crippen molar-refractivity contribution in [3.63, 3.8) is 0 Å². The van der Waals surface area contributed by atoms with E-state index in [1.807, 2.05) is 0 Å². The molecule has 0 heterocycles. The summed E-state index contributed by atoms with van der Waals surface area (Å²) in [7, 11) is 0. The molecule has 0 bridgehead atoms. The molecule has 0 unspecified atom stereocenters. The first-order valence-corrected chi connectivity index (χ1v) is 3.80. The second-order valence-corrected chi connectivity index (χ2v) is 2.72. The van der Waals surface area contributed by atoms with E-state index in [0.717, 1.165) is 5.56 Å². The zero-order chi connectivity index (χ0) is 9.84. The van der Waals surface area contributed by atoms with Crippen LogP contribution in [0, 0.1) is 0 Å². The number of aliphatic carboxylic acids is 1. The van der Waals surface area contributed by atoms with Crippen molar-refractivity contribution >= 4 is 80.9 Å². The van der Waals surface area contributed by atoms with E-state index < -0.39 is 5.97 Å². The number of carbonyl (C=O) groups is 1. The fourth-order valence-corrected chi connectivity index (χ4v) is 0.882. The topological polar surface area (TPSA) is 57.5 Å². The number of hydrogen-bond donors (Lipinski definition) is 2. The van der Waals surface area contributed by atoms with Crippen LogP contribution in [0.1, 0.15) is 12.5 Å². The van der Waals surface area contributed by atoms with Gasteiger partial charge in [-0.15, -0.1) is 0 Å². The minimum atomic E-state index is -0.937. The third-order valence-corrected chi connectivity index (χ3v) is 1.61. The molecule has 4 heteroatoms. The van der Waals surface area contributed by atoms with Crippen LogP contribution in [0.15, 0.2) is 29.8 Å². The van der Waals surface area contributed by atoms with Gasteiger partial charge >= 0.3 is 74.9 Å². The van der Waals surface area contributed by atoms with Crippen LogP contribution in [-0.4, -0.2) is 85.1 Å². The molecule has 0 fully saturated rings. The summed E-state index contributed by atoms with van der Waals surface area (Å²) in [5, 5.41) is 17.5. The van der Waals surface area contributed by atoms with Crippen molar-refractivity contribution in [3.8, 4) is 5.75 Å². The number of phenols is 1. The molecule has 0 atom stereocenters. The quantitative estimate of drug-likeness (QED) is 0.808. The van der Waals surface area contributed by atoms with Crippen molar-refractivity contribution in [3.05, 3.63) is 35.4 Å². The van der Waals surface area contributed by atoms with Gasteiger partial charge in [0, 0.05) is 5.57 Å². The van der Waals surface area contributed by atoms with Gasteiger partial charge in [0.15, 0.2) is 0 Å². The first-order chi connectivity index (χ1) is 6.09. The predicted octanol–water partition coefficient (Wildman–Crippen LogP) is 1.23. The molecule has 1 aromatic rings. The van der Waals surface area contributed by atoms with Crippen molar-refractivity contribution in [2.75, 3.05) is 0 Å². The Morgan fingerprint density at radius 2 is 1.79 bits per heavy atom. The average molecular weight is 312 g/mol. The maximum absolute atomic E-state index is 10.5. The van der Waals surface area contributed by atoms with Gasteiger partial charge in [-0.05, 0) is 30.7 Å². The second-order valence-electron chi connectivity index (χ2n) is 2.72.